The number of pyridine rings is 1. The average molecular weight is 282 g/mol. The van der Waals surface area contributed by atoms with Crippen LogP contribution in [0.2, 0.25) is 0 Å². The molecule has 0 amide bonds. The third kappa shape index (κ3) is 2.85. The highest BCUT2D eigenvalue weighted by molar-refractivity contribution is 9.10. The fourth-order valence-corrected chi connectivity index (χ4v) is 1.40. The van der Waals surface area contributed by atoms with Crippen molar-refractivity contribution in [3.63, 3.8) is 0 Å². The number of alkyl halides is 2. The van der Waals surface area contributed by atoms with Gasteiger partial charge in [0.25, 0.3) is 12.0 Å². The third-order valence-corrected chi connectivity index (χ3v) is 2.26. The first-order chi connectivity index (χ1) is 6.91. The molecule has 1 aromatic heterocycles. The van der Waals surface area contributed by atoms with Gasteiger partial charge in [-0.25, -0.2) is 8.78 Å². The van der Waals surface area contributed by atoms with Gasteiger partial charge in [-0.15, -0.1) is 0 Å². The van der Waals surface area contributed by atoms with Crippen LogP contribution in [0.1, 0.15) is 17.7 Å². The maximum absolute atomic E-state index is 12.5. The number of hydrogen-bond acceptors (Lipinski definition) is 2. The molecule has 0 saturated carbocycles. The lowest BCUT2D eigenvalue weighted by Gasteiger charge is -2.06. The van der Waals surface area contributed by atoms with Crippen LogP contribution >= 0.6 is 15.9 Å². The zero-order valence-electron chi connectivity index (χ0n) is 7.26. The van der Waals surface area contributed by atoms with Crippen LogP contribution in [0.15, 0.2) is 15.3 Å². The summed E-state index contributed by atoms with van der Waals surface area (Å²) in [6.45, 7) is 0. The van der Waals surface area contributed by atoms with Gasteiger partial charge in [-0.05, 0) is 22.0 Å². The molecule has 82 valence electrons. The molecule has 0 spiro atoms. The molecule has 1 rings (SSSR count). The highest BCUT2D eigenvalue weighted by Gasteiger charge is 2.17. The first-order valence-electron chi connectivity index (χ1n) is 3.83. The summed E-state index contributed by atoms with van der Waals surface area (Å²) in [7, 11) is 0. The number of aromatic amines is 1. The Balaban J connectivity index is 3.28. The molecule has 0 aromatic carbocycles. The second-order valence-corrected chi connectivity index (χ2v) is 3.61. The van der Waals surface area contributed by atoms with E-state index >= 15 is 0 Å². The van der Waals surface area contributed by atoms with E-state index in [2.05, 4.69) is 20.9 Å². The normalized spacial score (nSPS) is 10.7. The fourth-order valence-electron chi connectivity index (χ4n) is 1.05. The maximum atomic E-state index is 12.5. The Kier molecular flexibility index (Phi) is 3.57. The van der Waals surface area contributed by atoms with Crippen molar-refractivity contribution in [2.45, 2.75) is 12.8 Å². The second kappa shape index (κ2) is 4.52. The minimum absolute atomic E-state index is 0.0491. The largest absolute Gasteiger partial charge is 0.481 e. The number of carboxylic acids is 1. The van der Waals surface area contributed by atoms with E-state index in [1.54, 1.807) is 0 Å². The van der Waals surface area contributed by atoms with Crippen LogP contribution in [0.25, 0.3) is 0 Å². The van der Waals surface area contributed by atoms with E-state index in [0.29, 0.717) is 0 Å². The number of aliphatic carboxylic acids is 1. The summed E-state index contributed by atoms with van der Waals surface area (Å²) < 4.78 is 24.9. The summed E-state index contributed by atoms with van der Waals surface area (Å²) in [5.41, 5.74) is -1.38. The van der Waals surface area contributed by atoms with Gasteiger partial charge in [-0.3, -0.25) is 9.59 Å². The molecule has 2 N–H and O–H groups in total. The van der Waals surface area contributed by atoms with Crippen molar-refractivity contribution in [1.29, 1.82) is 0 Å². The lowest BCUT2D eigenvalue weighted by atomic mass is 10.1. The number of nitrogens with one attached hydrogen (secondary N) is 1. The van der Waals surface area contributed by atoms with E-state index in [1.165, 1.54) is 0 Å². The molecule has 0 aliphatic carbocycles. The number of rotatable bonds is 3. The molecule has 4 nitrogen and oxygen atoms in total. The van der Waals surface area contributed by atoms with Crippen molar-refractivity contribution in [1.82, 2.24) is 4.98 Å². The molecule has 0 atom stereocenters. The maximum Gasteiger partial charge on any atom is 0.309 e. The summed E-state index contributed by atoms with van der Waals surface area (Å²) in [5, 5.41) is 8.45. The van der Waals surface area contributed by atoms with Crippen molar-refractivity contribution >= 4 is 21.9 Å². The predicted molar refractivity (Wildman–Crippen MR) is 51.1 cm³/mol. The Morgan fingerprint density at radius 3 is 2.67 bits per heavy atom. The van der Waals surface area contributed by atoms with E-state index in [0.717, 1.165) is 6.07 Å². The van der Waals surface area contributed by atoms with Crippen LogP contribution in [0.5, 0.6) is 0 Å². The molecule has 0 aliphatic heterocycles. The lowest BCUT2D eigenvalue weighted by molar-refractivity contribution is -0.136. The van der Waals surface area contributed by atoms with Crippen LogP contribution in [-0.2, 0) is 11.2 Å². The van der Waals surface area contributed by atoms with E-state index in [4.69, 9.17) is 5.11 Å². The molecule has 0 aliphatic rings. The first kappa shape index (κ1) is 11.8. The monoisotopic (exact) mass is 281 g/mol. The smallest absolute Gasteiger partial charge is 0.309 e. The molecule has 0 bridgehead atoms. The summed E-state index contributed by atoms with van der Waals surface area (Å²) >= 11 is 2.79. The van der Waals surface area contributed by atoms with Gasteiger partial charge in [0.15, 0.2) is 0 Å². The minimum atomic E-state index is -2.83. The van der Waals surface area contributed by atoms with Crippen LogP contribution in [-0.4, -0.2) is 16.1 Å². The molecule has 0 saturated heterocycles. The topological polar surface area (TPSA) is 70.2 Å². The number of H-pyrrole nitrogens is 1. The Morgan fingerprint density at radius 1 is 1.60 bits per heavy atom. The minimum Gasteiger partial charge on any atom is -0.481 e. The number of carbonyl (C=O) groups is 1. The second-order valence-electron chi connectivity index (χ2n) is 2.75. The van der Waals surface area contributed by atoms with E-state index in [-0.39, 0.29) is 10.2 Å². The Hall–Kier alpha value is -1.24. The Morgan fingerprint density at radius 2 is 2.20 bits per heavy atom. The van der Waals surface area contributed by atoms with E-state index in [1.807, 2.05) is 0 Å². The van der Waals surface area contributed by atoms with Crippen molar-refractivity contribution in [3.8, 4) is 0 Å². The number of carboxylic acid groups (broad SMARTS) is 1. The predicted octanol–water partition coefficient (Wildman–Crippen LogP) is 1.70. The van der Waals surface area contributed by atoms with Crippen LogP contribution in [0.4, 0.5) is 8.78 Å². The van der Waals surface area contributed by atoms with Crippen molar-refractivity contribution in [3.05, 3.63) is 32.2 Å². The van der Waals surface area contributed by atoms with Crippen LogP contribution in [0.3, 0.4) is 0 Å². The number of aromatic nitrogens is 1. The molecule has 1 heterocycles. The first-order valence-corrected chi connectivity index (χ1v) is 4.62. The van der Waals surface area contributed by atoms with Crippen LogP contribution in [0, 0.1) is 0 Å². The molecule has 1 aromatic rings. The Labute approximate surface area is 91.1 Å². The van der Waals surface area contributed by atoms with Gasteiger partial charge in [0.05, 0.1) is 10.9 Å². The molecular weight excluding hydrogens is 276 g/mol. The molecule has 0 radical (unpaired) electrons. The molecule has 0 unspecified atom stereocenters. The zero-order valence-corrected chi connectivity index (χ0v) is 8.85. The Bertz CT molecular complexity index is 444. The lowest BCUT2D eigenvalue weighted by Crippen LogP contribution is -2.15. The summed E-state index contributed by atoms with van der Waals surface area (Å²) in [5.74, 6) is -1.28. The van der Waals surface area contributed by atoms with Gasteiger partial charge in [0.2, 0.25) is 0 Å². The van der Waals surface area contributed by atoms with Gasteiger partial charge >= 0.3 is 5.97 Å². The number of halogens is 3. The van der Waals surface area contributed by atoms with Gasteiger partial charge in [0, 0.05) is 11.3 Å². The summed E-state index contributed by atoms with van der Waals surface area (Å²) in [6, 6.07) is 0.932. The van der Waals surface area contributed by atoms with Gasteiger partial charge < -0.3 is 10.1 Å². The highest BCUT2D eigenvalue weighted by Crippen LogP contribution is 2.23. The van der Waals surface area contributed by atoms with Crippen molar-refractivity contribution in [2.75, 3.05) is 0 Å². The highest BCUT2D eigenvalue weighted by atomic mass is 79.9. The van der Waals surface area contributed by atoms with E-state index < -0.39 is 29.9 Å². The van der Waals surface area contributed by atoms with Gasteiger partial charge in [-0.1, -0.05) is 0 Å². The van der Waals surface area contributed by atoms with Gasteiger partial charge in [0.1, 0.15) is 0 Å². The standard InChI is InChI=1S/C8H6BrF2NO3/c9-4-1-3(7(10)11)5(2-6(13)14)12-8(4)15/h1,7H,2H2,(H,12,15)(H,13,14). The quantitative estimate of drug-likeness (QED) is 0.886. The van der Waals surface area contributed by atoms with Crippen molar-refractivity contribution in [2.24, 2.45) is 0 Å². The molecule has 7 heteroatoms. The third-order valence-electron chi connectivity index (χ3n) is 1.68. The average Bonchev–Trinajstić information content (AvgIpc) is 2.09. The van der Waals surface area contributed by atoms with Crippen molar-refractivity contribution < 1.29 is 18.7 Å². The molecule has 15 heavy (non-hydrogen) atoms. The molecule has 0 fully saturated rings. The molecular formula is C8H6BrF2NO3. The zero-order chi connectivity index (χ0) is 11.6. The van der Waals surface area contributed by atoms with Gasteiger partial charge in [-0.2, -0.15) is 0 Å². The van der Waals surface area contributed by atoms with E-state index in [9.17, 15) is 18.4 Å². The fraction of sp³-hybridized carbons (Fsp3) is 0.250. The SMILES string of the molecule is O=C(O)Cc1[nH]c(=O)c(Br)cc1C(F)F. The van der Waals surface area contributed by atoms with Crippen LogP contribution < -0.4 is 5.56 Å². The number of hydrogen-bond donors (Lipinski definition) is 2. The summed E-state index contributed by atoms with van der Waals surface area (Å²) in [6.07, 6.45) is -3.46. The summed E-state index contributed by atoms with van der Waals surface area (Å²) in [4.78, 5) is 23.5.